The van der Waals surface area contributed by atoms with Crippen LogP contribution in [0.2, 0.25) is 0 Å². The Kier molecular flexibility index (Phi) is 9.55. The second-order valence-corrected chi connectivity index (χ2v) is 4.12. The summed E-state index contributed by atoms with van der Waals surface area (Å²) in [5, 5.41) is 0. The molecule has 0 aromatic heterocycles. The van der Waals surface area contributed by atoms with Gasteiger partial charge in [-0.15, -0.1) is 5.56 Å². The van der Waals surface area contributed by atoms with Crippen molar-refractivity contribution in [2.45, 2.75) is 13.5 Å². The molecule has 0 aliphatic carbocycles. The van der Waals surface area contributed by atoms with E-state index in [9.17, 15) is 0 Å². The first-order chi connectivity index (χ1) is 7.38. The van der Waals surface area contributed by atoms with Crippen LogP contribution in [0.5, 0.6) is 0 Å². The van der Waals surface area contributed by atoms with Crippen molar-refractivity contribution in [3.8, 4) is 0 Å². The van der Waals surface area contributed by atoms with Crippen LogP contribution in [-0.4, -0.2) is 65.6 Å². The van der Waals surface area contributed by atoms with E-state index in [1.807, 2.05) is 6.07 Å². The topological polar surface area (TPSA) is 6.48 Å². The van der Waals surface area contributed by atoms with Crippen molar-refractivity contribution < 1.29 is 17.0 Å². The molecule has 1 aliphatic heterocycles. The van der Waals surface area contributed by atoms with E-state index < -0.39 is 0 Å². The molecule has 2 rings (SSSR count). The summed E-state index contributed by atoms with van der Waals surface area (Å²) in [4.78, 5) is 5.03. The van der Waals surface area contributed by atoms with Gasteiger partial charge in [0.25, 0.3) is 0 Å². The molecule has 0 unspecified atom stereocenters. The summed E-state index contributed by atoms with van der Waals surface area (Å²) >= 11 is 0. The molecule has 0 bridgehead atoms. The molecule has 0 spiro atoms. The van der Waals surface area contributed by atoms with E-state index in [1.54, 1.807) is 0 Å². The molecule has 0 radical (unpaired) electrons. The van der Waals surface area contributed by atoms with Gasteiger partial charge in [-0.2, -0.15) is 30.3 Å². The van der Waals surface area contributed by atoms with Crippen molar-refractivity contribution in [3.05, 3.63) is 35.9 Å². The number of likely N-dealkylation sites (N-methyl/N-ethyl adjacent to an activating group) is 1. The van der Waals surface area contributed by atoms with Crippen molar-refractivity contribution in [1.82, 2.24) is 9.80 Å². The van der Waals surface area contributed by atoms with Gasteiger partial charge in [0.1, 0.15) is 0 Å². The van der Waals surface area contributed by atoms with E-state index in [1.165, 1.54) is 38.3 Å². The Morgan fingerprint density at radius 1 is 1.18 bits per heavy atom. The molecule has 0 N–H and O–H groups in total. The van der Waals surface area contributed by atoms with Gasteiger partial charge in [-0.05, 0) is 13.1 Å². The van der Waals surface area contributed by atoms with Crippen molar-refractivity contribution in [3.63, 3.8) is 0 Å². The fourth-order valence-electron chi connectivity index (χ4n) is 2.05. The predicted molar refractivity (Wildman–Crippen MR) is 68.4 cm³/mol. The zero-order valence-electron chi connectivity index (χ0n) is 10.5. The molecule has 2 nitrogen and oxygen atoms in total. The molecular formula is C13H19BrMgN2. The smallest absolute Gasteiger partial charge is 1.00 e. The van der Waals surface area contributed by atoms with E-state index in [0.717, 1.165) is 6.54 Å². The summed E-state index contributed by atoms with van der Waals surface area (Å²) < 4.78 is 0. The fourth-order valence-corrected chi connectivity index (χ4v) is 2.05. The Hall–Kier alpha value is 0.386. The summed E-state index contributed by atoms with van der Waals surface area (Å²) in [5.74, 6) is 0. The number of hydrogen-bond donors (Lipinski definition) is 0. The molecule has 1 aliphatic rings. The normalized spacial score (nSPS) is 17.0. The number of rotatable bonds is 3. The third-order valence-electron chi connectivity index (χ3n) is 3.09. The Bertz CT molecular complexity index is 287. The molecule has 17 heavy (non-hydrogen) atoms. The van der Waals surface area contributed by atoms with Gasteiger partial charge < -0.3 is 26.8 Å². The molecule has 0 atom stereocenters. The van der Waals surface area contributed by atoms with Crippen LogP contribution in [0.1, 0.15) is 12.5 Å². The Morgan fingerprint density at radius 3 is 2.35 bits per heavy atom. The van der Waals surface area contributed by atoms with Gasteiger partial charge >= 0.3 is 23.1 Å². The Balaban J connectivity index is 0.00000128. The zero-order valence-corrected chi connectivity index (χ0v) is 13.5. The zero-order chi connectivity index (χ0) is 10.5. The van der Waals surface area contributed by atoms with Crippen LogP contribution in [0.15, 0.2) is 24.3 Å². The molecule has 4 heteroatoms. The van der Waals surface area contributed by atoms with Crippen LogP contribution in [-0.2, 0) is 6.54 Å². The van der Waals surface area contributed by atoms with Crippen molar-refractivity contribution in [2.75, 3.05) is 32.7 Å². The van der Waals surface area contributed by atoms with E-state index >= 15 is 0 Å². The SMILES string of the molecule is CCN1CCN(Cc2c[c-]ccc2)CC1.[Br-].[Mg+2]. The standard InChI is InChI=1S/C13H19N2.BrH.Mg/c1-2-14-8-10-15(11-9-14)12-13-6-4-3-5-7-13;;/h3-4,6-7H,2,8-12H2,1H3;1H;/q-1;;+2/p-1. The maximum Gasteiger partial charge on any atom is 2.00 e. The van der Waals surface area contributed by atoms with Crippen LogP contribution in [0.3, 0.4) is 0 Å². The predicted octanol–water partition coefficient (Wildman–Crippen LogP) is -1.75. The van der Waals surface area contributed by atoms with Crippen LogP contribution in [0.4, 0.5) is 0 Å². The molecule has 1 saturated heterocycles. The third-order valence-corrected chi connectivity index (χ3v) is 3.09. The molecule has 90 valence electrons. The maximum atomic E-state index is 3.13. The minimum absolute atomic E-state index is 0. The van der Waals surface area contributed by atoms with Gasteiger partial charge in [0.05, 0.1) is 0 Å². The molecule has 1 aromatic rings. The van der Waals surface area contributed by atoms with Gasteiger partial charge in [0, 0.05) is 26.2 Å². The summed E-state index contributed by atoms with van der Waals surface area (Å²) in [6, 6.07) is 11.4. The van der Waals surface area contributed by atoms with Gasteiger partial charge in [0.15, 0.2) is 0 Å². The largest absolute Gasteiger partial charge is 2.00 e. The number of piperazine rings is 1. The average Bonchev–Trinajstić information content (AvgIpc) is 2.31. The van der Waals surface area contributed by atoms with Crippen molar-refractivity contribution in [1.29, 1.82) is 0 Å². The monoisotopic (exact) mass is 306 g/mol. The maximum absolute atomic E-state index is 3.13. The number of hydrogen-bond acceptors (Lipinski definition) is 2. The second-order valence-electron chi connectivity index (χ2n) is 4.12. The number of benzene rings is 1. The average molecular weight is 308 g/mol. The second kappa shape index (κ2) is 9.33. The molecule has 0 amide bonds. The first-order valence-corrected chi connectivity index (χ1v) is 5.78. The van der Waals surface area contributed by atoms with Gasteiger partial charge in [-0.3, -0.25) is 0 Å². The molecule has 1 heterocycles. The number of halogens is 1. The number of nitrogens with zero attached hydrogens (tertiary/aromatic N) is 2. The Labute approximate surface area is 131 Å². The van der Waals surface area contributed by atoms with Crippen LogP contribution in [0, 0.1) is 6.07 Å². The first kappa shape index (κ1) is 17.4. The van der Waals surface area contributed by atoms with E-state index in [4.69, 9.17) is 0 Å². The van der Waals surface area contributed by atoms with Crippen molar-refractivity contribution >= 4 is 23.1 Å². The third kappa shape index (κ3) is 5.70. The summed E-state index contributed by atoms with van der Waals surface area (Å²) in [6.45, 7) is 9.33. The van der Waals surface area contributed by atoms with E-state index in [2.05, 4.69) is 41.0 Å². The summed E-state index contributed by atoms with van der Waals surface area (Å²) in [7, 11) is 0. The van der Waals surface area contributed by atoms with Gasteiger partial charge in [0.2, 0.25) is 0 Å². The van der Waals surface area contributed by atoms with Crippen LogP contribution < -0.4 is 17.0 Å². The minimum atomic E-state index is 0. The summed E-state index contributed by atoms with van der Waals surface area (Å²) in [6.07, 6.45) is 0. The van der Waals surface area contributed by atoms with Crippen LogP contribution >= 0.6 is 0 Å². The van der Waals surface area contributed by atoms with E-state index in [-0.39, 0.29) is 40.0 Å². The molecule has 1 aromatic carbocycles. The summed E-state index contributed by atoms with van der Waals surface area (Å²) in [5.41, 5.74) is 1.38. The fraction of sp³-hybridized carbons (Fsp3) is 0.538. The minimum Gasteiger partial charge on any atom is -1.00 e. The molecule has 1 fully saturated rings. The van der Waals surface area contributed by atoms with Gasteiger partial charge in [-0.25, -0.2) is 0 Å². The van der Waals surface area contributed by atoms with Gasteiger partial charge in [-0.1, -0.05) is 6.92 Å². The first-order valence-electron chi connectivity index (χ1n) is 5.78. The van der Waals surface area contributed by atoms with Crippen molar-refractivity contribution in [2.24, 2.45) is 0 Å². The molecular weight excluding hydrogens is 288 g/mol. The Morgan fingerprint density at radius 2 is 1.82 bits per heavy atom. The quantitative estimate of drug-likeness (QED) is 0.483. The van der Waals surface area contributed by atoms with Crippen LogP contribution in [0.25, 0.3) is 0 Å². The molecule has 0 saturated carbocycles. The van der Waals surface area contributed by atoms with E-state index in [0.29, 0.717) is 0 Å².